The van der Waals surface area contributed by atoms with Gasteiger partial charge < -0.3 is 0 Å². The summed E-state index contributed by atoms with van der Waals surface area (Å²) < 4.78 is 0. The van der Waals surface area contributed by atoms with E-state index in [1.165, 1.54) is 109 Å². The fourth-order valence-corrected chi connectivity index (χ4v) is 2.85. The molecule has 126 valence electrons. The molecule has 0 spiro atoms. The van der Waals surface area contributed by atoms with E-state index in [1.54, 1.807) is 0 Å². The highest BCUT2D eigenvalue weighted by Gasteiger charge is 1.91. The van der Waals surface area contributed by atoms with Crippen molar-refractivity contribution in [3.05, 3.63) is 12.2 Å². The largest absolute Gasteiger partial charge is 0.0885 e. The molecule has 0 fully saturated rings. The molecule has 0 saturated heterocycles. The van der Waals surface area contributed by atoms with E-state index in [0.717, 1.165) is 0 Å². The molecule has 0 aromatic carbocycles. The van der Waals surface area contributed by atoms with Crippen molar-refractivity contribution in [2.24, 2.45) is 0 Å². The highest BCUT2D eigenvalue weighted by molar-refractivity contribution is 4.81. The Hall–Kier alpha value is -0.260. The Morgan fingerprint density at radius 3 is 1.00 bits per heavy atom. The van der Waals surface area contributed by atoms with Gasteiger partial charge in [0.25, 0.3) is 0 Å². The lowest BCUT2D eigenvalue weighted by atomic mass is 10.1. The summed E-state index contributed by atoms with van der Waals surface area (Å²) in [6.07, 6.45) is 28.9. The van der Waals surface area contributed by atoms with Gasteiger partial charge in [-0.2, -0.15) is 0 Å². The molecule has 0 aliphatic carbocycles. The van der Waals surface area contributed by atoms with Gasteiger partial charge in [-0.25, -0.2) is 0 Å². The molecule has 0 rings (SSSR count). The van der Waals surface area contributed by atoms with Crippen LogP contribution in [-0.4, -0.2) is 0 Å². The van der Waals surface area contributed by atoms with Gasteiger partial charge in [0.2, 0.25) is 0 Å². The standard InChI is InChI=1S/C21H42/c1-3-5-7-9-11-13-15-17-19-21-20-18-16-14-12-10-8-6-4-2/h19,21H,3-18,20H2,1-2H3. The first-order chi connectivity index (χ1) is 10.4. The van der Waals surface area contributed by atoms with Crippen molar-refractivity contribution >= 4 is 0 Å². The summed E-state index contributed by atoms with van der Waals surface area (Å²) in [4.78, 5) is 0. The van der Waals surface area contributed by atoms with Crippen LogP contribution < -0.4 is 0 Å². The SMILES string of the molecule is CCCCCCCCCC=CCCCCCCCCCC. The van der Waals surface area contributed by atoms with E-state index in [1.807, 2.05) is 0 Å². The van der Waals surface area contributed by atoms with Crippen LogP contribution in [0.2, 0.25) is 0 Å². The summed E-state index contributed by atoms with van der Waals surface area (Å²) in [5, 5.41) is 0. The maximum Gasteiger partial charge on any atom is -0.0351 e. The molecule has 0 N–H and O–H groups in total. The maximum atomic E-state index is 2.42. The fourth-order valence-electron chi connectivity index (χ4n) is 2.85. The molecule has 0 radical (unpaired) electrons. The average molecular weight is 295 g/mol. The van der Waals surface area contributed by atoms with E-state index in [4.69, 9.17) is 0 Å². The molecule has 0 unspecified atom stereocenters. The second-order valence-corrected chi connectivity index (χ2v) is 6.64. The second kappa shape index (κ2) is 19.7. The van der Waals surface area contributed by atoms with Crippen LogP contribution in [0.3, 0.4) is 0 Å². The predicted molar refractivity (Wildman–Crippen MR) is 99.0 cm³/mol. The van der Waals surface area contributed by atoms with Crippen molar-refractivity contribution in [2.75, 3.05) is 0 Å². The van der Waals surface area contributed by atoms with Crippen LogP contribution in [0.15, 0.2) is 12.2 Å². The Kier molecular flexibility index (Phi) is 19.5. The normalized spacial score (nSPS) is 11.5. The van der Waals surface area contributed by atoms with Crippen LogP contribution in [0.4, 0.5) is 0 Å². The summed E-state index contributed by atoms with van der Waals surface area (Å²) in [6, 6.07) is 0. The Balaban J connectivity index is 3.02. The number of hydrogen-bond donors (Lipinski definition) is 0. The Morgan fingerprint density at radius 1 is 0.381 bits per heavy atom. The van der Waals surface area contributed by atoms with Crippen LogP contribution in [-0.2, 0) is 0 Å². The van der Waals surface area contributed by atoms with Gasteiger partial charge in [-0.1, -0.05) is 109 Å². The molecule has 0 amide bonds. The molecule has 0 nitrogen and oxygen atoms in total. The highest BCUT2D eigenvalue weighted by Crippen LogP contribution is 2.11. The van der Waals surface area contributed by atoms with Crippen LogP contribution >= 0.6 is 0 Å². The smallest absolute Gasteiger partial charge is 0.0351 e. The first-order valence-electron chi connectivity index (χ1n) is 10.1. The van der Waals surface area contributed by atoms with Crippen molar-refractivity contribution in [1.29, 1.82) is 0 Å². The van der Waals surface area contributed by atoms with Gasteiger partial charge in [0.1, 0.15) is 0 Å². The van der Waals surface area contributed by atoms with Crippen molar-refractivity contribution in [1.82, 2.24) is 0 Å². The van der Waals surface area contributed by atoms with E-state index >= 15 is 0 Å². The van der Waals surface area contributed by atoms with E-state index in [2.05, 4.69) is 26.0 Å². The molecule has 0 aromatic heterocycles. The summed E-state index contributed by atoms with van der Waals surface area (Å²) in [5.41, 5.74) is 0. The van der Waals surface area contributed by atoms with Gasteiger partial charge in [0, 0.05) is 0 Å². The van der Waals surface area contributed by atoms with Crippen LogP contribution in [0.5, 0.6) is 0 Å². The van der Waals surface area contributed by atoms with Gasteiger partial charge >= 0.3 is 0 Å². The van der Waals surface area contributed by atoms with Gasteiger partial charge in [-0.3, -0.25) is 0 Å². The van der Waals surface area contributed by atoms with Crippen LogP contribution in [0.25, 0.3) is 0 Å². The molecule has 0 bridgehead atoms. The number of allylic oxidation sites excluding steroid dienone is 2. The monoisotopic (exact) mass is 294 g/mol. The molecular formula is C21H42. The van der Waals surface area contributed by atoms with Crippen LogP contribution in [0.1, 0.15) is 123 Å². The third-order valence-corrected chi connectivity index (χ3v) is 4.37. The lowest BCUT2D eigenvalue weighted by molar-refractivity contribution is 0.577. The van der Waals surface area contributed by atoms with Crippen molar-refractivity contribution in [2.45, 2.75) is 123 Å². The van der Waals surface area contributed by atoms with Gasteiger partial charge in [-0.15, -0.1) is 0 Å². The lowest BCUT2D eigenvalue weighted by Gasteiger charge is -2.00. The first-order valence-corrected chi connectivity index (χ1v) is 10.1. The molecule has 0 atom stereocenters. The van der Waals surface area contributed by atoms with Gasteiger partial charge in [-0.05, 0) is 25.7 Å². The molecule has 21 heavy (non-hydrogen) atoms. The lowest BCUT2D eigenvalue weighted by Crippen LogP contribution is -1.80. The Morgan fingerprint density at radius 2 is 0.667 bits per heavy atom. The van der Waals surface area contributed by atoms with Gasteiger partial charge in [0.05, 0.1) is 0 Å². The minimum atomic E-state index is 1.31. The third kappa shape index (κ3) is 19.7. The van der Waals surface area contributed by atoms with Crippen molar-refractivity contribution < 1.29 is 0 Å². The summed E-state index contributed by atoms with van der Waals surface area (Å²) in [7, 11) is 0. The highest BCUT2D eigenvalue weighted by atomic mass is 14.0. The van der Waals surface area contributed by atoms with Crippen molar-refractivity contribution in [3.63, 3.8) is 0 Å². The Labute approximate surface area is 135 Å². The van der Waals surface area contributed by atoms with E-state index < -0.39 is 0 Å². The number of hydrogen-bond acceptors (Lipinski definition) is 0. The minimum Gasteiger partial charge on any atom is -0.0885 e. The Bertz CT molecular complexity index is 192. The minimum absolute atomic E-state index is 1.31. The average Bonchev–Trinajstić information content (AvgIpc) is 2.50. The molecular weight excluding hydrogens is 252 g/mol. The fraction of sp³-hybridized carbons (Fsp3) is 0.905. The summed E-state index contributed by atoms with van der Waals surface area (Å²) >= 11 is 0. The molecule has 0 heterocycles. The summed E-state index contributed by atoms with van der Waals surface area (Å²) in [6.45, 7) is 4.58. The molecule has 0 aliphatic rings. The zero-order valence-electron chi connectivity index (χ0n) is 15.2. The third-order valence-electron chi connectivity index (χ3n) is 4.37. The second-order valence-electron chi connectivity index (χ2n) is 6.64. The zero-order chi connectivity index (χ0) is 15.4. The molecule has 0 saturated carbocycles. The number of rotatable bonds is 17. The summed E-state index contributed by atoms with van der Waals surface area (Å²) in [5.74, 6) is 0. The predicted octanol–water partition coefficient (Wildman–Crippen LogP) is 8.21. The first kappa shape index (κ1) is 20.7. The molecule has 0 heteroatoms. The quantitative estimate of drug-likeness (QED) is 0.187. The topological polar surface area (TPSA) is 0 Å². The van der Waals surface area contributed by atoms with Crippen LogP contribution in [0, 0.1) is 0 Å². The molecule has 0 aliphatic heterocycles. The maximum absolute atomic E-state index is 2.42. The van der Waals surface area contributed by atoms with E-state index in [9.17, 15) is 0 Å². The number of unbranched alkanes of at least 4 members (excludes halogenated alkanes) is 15. The van der Waals surface area contributed by atoms with E-state index in [0.29, 0.717) is 0 Å². The zero-order valence-corrected chi connectivity index (χ0v) is 15.2. The van der Waals surface area contributed by atoms with Crippen molar-refractivity contribution in [3.8, 4) is 0 Å². The van der Waals surface area contributed by atoms with E-state index in [-0.39, 0.29) is 0 Å². The molecule has 0 aromatic rings. The van der Waals surface area contributed by atoms with Gasteiger partial charge in [0.15, 0.2) is 0 Å².